The number of nitrogens with zero attached hydrogens (tertiary/aromatic N) is 1. The van der Waals surface area contributed by atoms with Gasteiger partial charge < -0.3 is 9.32 Å². The molecule has 0 spiro atoms. The second-order valence-electron chi connectivity index (χ2n) is 13.7. The van der Waals surface area contributed by atoms with E-state index >= 15 is 0 Å². The van der Waals surface area contributed by atoms with E-state index in [0.717, 1.165) is 66.5 Å². The van der Waals surface area contributed by atoms with Gasteiger partial charge in [0.2, 0.25) is 0 Å². The lowest BCUT2D eigenvalue weighted by atomic mass is 9.96. The quantitative estimate of drug-likeness (QED) is 0.166. The lowest BCUT2D eigenvalue weighted by Gasteiger charge is -2.28. The summed E-state index contributed by atoms with van der Waals surface area (Å²) >= 11 is 0. The Kier molecular flexibility index (Phi) is 7.85. The number of hydrogen-bond acceptors (Lipinski definition) is 2. The zero-order valence-corrected chi connectivity index (χ0v) is 29.6. The van der Waals surface area contributed by atoms with E-state index in [9.17, 15) is 0 Å². The molecule has 0 N–H and O–H groups in total. The molecule has 1 heterocycles. The van der Waals surface area contributed by atoms with E-state index in [2.05, 4.69) is 211 Å². The largest absolute Gasteiger partial charge is 0.456 e. The predicted octanol–water partition coefficient (Wildman–Crippen LogP) is 14.9. The third-order valence-corrected chi connectivity index (χ3v) is 10.4. The first kappa shape index (κ1) is 31.6. The molecule has 0 aliphatic rings. The van der Waals surface area contributed by atoms with Crippen molar-refractivity contribution in [3.05, 3.63) is 212 Å². The Labute approximate surface area is 314 Å². The molecule has 0 radical (unpaired) electrons. The van der Waals surface area contributed by atoms with Crippen LogP contribution in [0.1, 0.15) is 0 Å². The van der Waals surface area contributed by atoms with E-state index in [0.29, 0.717) is 0 Å². The molecule has 0 bridgehead atoms. The van der Waals surface area contributed by atoms with Crippen LogP contribution in [0, 0.1) is 0 Å². The van der Waals surface area contributed by atoms with Crippen LogP contribution in [0.15, 0.2) is 217 Å². The molecular weight excluding hydrogens is 655 g/mol. The minimum atomic E-state index is 0.885. The van der Waals surface area contributed by atoms with Crippen LogP contribution in [0.5, 0.6) is 0 Å². The SMILES string of the molecule is c1ccc(-c2ccc(N(c3cc(-c4ccccc4)cc(-c4ccccc4)c3)c3cccc4c3ccc3oc5cc(-c6ccccc6)ccc5c34)cc2)cc1. The highest BCUT2D eigenvalue weighted by atomic mass is 16.3. The summed E-state index contributed by atoms with van der Waals surface area (Å²) in [5.41, 5.74) is 14.4. The number of fused-ring (bicyclic) bond motifs is 5. The van der Waals surface area contributed by atoms with Gasteiger partial charge in [-0.25, -0.2) is 0 Å². The fourth-order valence-electron chi connectivity index (χ4n) is 7.82. The first-order valence-corrected chi connectivity index (χ1v) is 18.4. The van der Waals surface area contributed by atoms with Crippen LogP contribution in [0.3, 0.4) is 0 Å². The Morgan fingerprint density at radius 3 is 1.37 bits per heavy atom. The van der Waals surface area contributed by atoms with Crippen LogP contribution in [-0.2, 0) is 0 Å². The lowest BCUT2D eigenvalue weighted by Crippen LogP contribution is -2.11. The summed E-state index contributed by atoms with van der Waals surface area (Å²) in [7, 11) is 0. The van der Waals surface area contributed by atoms with Crippen molar-refractivity contribution in [3.63, 3.8) is 0 Å². The Balaban J connectivity index is 1.20. The average Bonchev–Trinajstić information content (AvgIpc) is 3.64. The summed E-state index contributed by atoms with van der Waals surface area (Å²) in [5.74, 6) is 0. The molecule has 0 fully saturated rings. The van der Waals surface area contributed by atoms with Crippen LogP contribution in [0.4, 0.5) is 17.1 Å². The Hall–Kier alpha value is -7.16. The Bertz CT molecular complexity index is 2840. The maximum Gasteiger partial charge on any atom is 0.136 e. The monoisotopic (exact) mass is 689 g/mol. The fraction of sp³-hybridized carbons (Fsp3) is 0. The maximum atomic E-state index is 6.56. The summed E-state index contributed by atoms with van der Waals surface area (Å²) in [6, 6.07) is 75.9. The van der Waals surface area contributed by atoms with Crippen molar-refractivity contribution >= 4 is 49.8 Å². The molecule has 254 valence electrons. The molecular formula is C52H35NO. The molecule has 0 saturated carbocycles. The number of rotatable bonds is 7. The molecule has 0 aliphatic heterocycles. The topological polar surface area (TPSA) is 16.4 Å². The predicted molar refractivity (Wildman–Crippen MR) is 228 cm³/mol. The number of furan rings is 1. The second kappa shape index (κ2) is 13.4. The molecule has 54 heavy (non-hydrogen) atoms. The second-order valence-corrected chi connectivity index (χ2v) is 13.7. The highest BCUT2D eigenvalue weighted by Gasteiger charge is 2.20. The van der Waals surface area contributed by atoms with Crippen molar-refractivity contribution in [1.82, 2.24) is 0 Å². The molecule has 10 aromatic rings. The number of anilines is 3. The molecule has 2 heteroatoms. The van der Waals surface area contributed by atoms with Gasteiger partial charge in [0.05, 0.1) is 5.69 Å². The Morgan fingerprint density at radius 2 is 0.778 bits per heavy atom. The van der Waals surface area contributed by atoms with Gasteiger partial charge in [-0.2, -0.15) is 0 Å². The van der Waals surface area contributed by atoms with Crippen LogP contribution in [0.2, 0.25) is 0 Å². The van der Waals surface area contributed by atoms with Crippen molar-refractivity contribution in [1.29, 1.82) is 0 Å². The summed E-state index contributed by atoms with van der Waals surface area (Å²) in [5, 5.41) is 4.55. The van der Waals surface area contributed by atoms with E-state index in [1.807, 2.05) is 6.07 Å². The first-order valence-electron chi connectivity index (χ1n) is 18.4. The maximum absolute atomic E-state index is 6.56. The summed E-state index contributed by atoms with van der Waals surface area (Å²) in [4.78, 5) is 2.41. The number of hydrogen-bond donors (Lipinski definition) is 0. The third-order valence-electron chi connectivity index (χ3n) is 10.4. The van der Waals surface area contributed by atoms with Crippen molar-refractivity contribution < 1.29 is 4.42 Å². The van der Waals surface area contributed by atoms with Gasteiger partial charge in [-0.05, 0) is 111 Å². The molecule has 0 unspecified atom stereocenters. The normalized spacial score (nSPS) is 11.3. The summed E-state index contributed by atoms with van der Waals surface area (Å²) in [6.07, 6.45) is 0. The summed E-state index contributed by atoms with van der Waals surface area (Å²) < 4.78 is 6.56. The molecule has 2 nitrogen and oxygen atoms in total. The molecule has 0 aliphatic carbocycles. The molecule has 0 saturated heterocycles. The van der Waals surface area contributed by atoms with Crippen molar-refractivity contribution in [2.24, 2.45) is 0 Å². The van der Waals surface area contributed by atoms with Gasteiger partial charge in [0.15, 0.2) is 0 Å². The van der Waals surface area contributed by atoms with E-state index < -0.39 is 0 Å². The zero-order chi connectivity index (χ0) is 35.8. The van der Waals surface area contributed by atoms with E-state index in [1.165, 1.54) is 27.8 Å². The van der Waals surface area contributed by atoms with E-state index in [4.69, 9.17) is 4.42 Å². The molecule has 10 rings (SSSR count). The van der Waals surface area contributed by atoms with Crippen molar-refractivity contribution in [3.8, 4) is 44.5 Å². The van der Waals surface area contributed by atoms with Gasteiger partial charge in [0.1, 0.15) is 11.2 Å². The van der Waals surface area contributed by atoms with Crippen molar-refractivity contribution in [2.75, 3.05) is 4.90 Å². The molecule has 1 aromatic heterocycles. The Morgan fingerprint density at radius 1 is 0.278 bits per heavy atom. The lowest BCUT2D eigenvalue weighted by molar-refractivity contribution is 0.669. The van der Waals surface area contributed by atoms with Gasteiger partial charge in [0, 0.05) is 27.5 Å². The van der Waals surface area contributed by atoms with E-state index in [-0.39, 0.29) is 0 Å². The standard InChI is InChI=1S/C52H35NO/c1-5-14-36(15-6-1)40-24-27-44(28-25-40)53(45-33-42(38-18-9-3-10-19-38)32-43(34-45)39-20-11-4-12-21-39)49-23-13-22-47-46(49)30-31-50-52(47)48-29-26-41(35-51(48)54-50)37-16-7-2-8-17-37/h1-35H. The van der Waals surface area contributed by atoms with Gasteiger partial charge in [-0.15, -0.1) is 0 Å². The molecule has 0 amide bonds. The highest BCUT2D eigenvalue weighted by Crippen LogP contribution is 2.45. The zero-order valence-electron chi connectivity index (χ0n) is 29.6. The van der Waals surface area contributed by atoms with Gasteiger partial charge >= 0.3 is 0 Å². The molecule has 9 aromatic carbocycles. The molecule has 0 atom stereocenters. The van der Waals surface area contributed by atoms with E-state index in [1.54, 1.807) is 0 Å². The van der Waals surface area contributed by atoms with Gasteiger partial charge in [-0.3, -0.25) is 0 Å². The number of benzene rings is 9. The van der Waals surface area contributed by atoms with Crippen LogP contribution in [-0.4, -0.2) is 0 Å². The minimum absolute atomic E-state index is 0.885. The van der Waals surface area contributed by atoms with Crippen LogP contribution in [0.25, 0.3) is 77.2 Å². The summed E-state index contributed by atoms with van der Waals surface area (Å²) in [6.45, 7) is 0. The third kappa shape index (κ3) is 5.71. The van der Waals surface area contributed by atoms with Gasteiger partial charge in [0.25, 0.3) is 0 Å². The van der Waals surface area contributed by atoms with Crippen molar-refractivity contribution in [2.45, 2.75) is 0 Å². The first-order chi connectivity index (χ1) is 26.8. The minimum Gasteiger partial charge on any atom is -0.456 e. The smallest absolute Gasteiger partial charge is 0.136 e. The fourth-order valence-corrected chi connectivity index (χ4v) is 7.82. The van der Waals surface area contributed by atoms with Crippen LogP contribution >= 0.6 is 0 Å². The van der Waals surface area contributed by atoms with Gasteiger partial charge in [-0.1, -0.05) is 152 Å². The highest BCUT2D eigenvalue weighted by molar-refractivity contribution is 6.21. The average molecular weight is 690 g/mol. The van der Waals surface area contributed by atoms with Crippen LogP contribution < -0.4 is 4.90 Å².